The van der Waals surface area contributed by atoms with Gasteiger partial charge in [-0.25, -0.2) is 8.42 Å². The van der Waals surface area contributed by atoms with Crippen LogP contribution < -0.4 is 9.62 Å². The Morgan fingerprint density at radius 3 is 2.76 bits per heavy atom. The van der Waals surface area contributed by atoms with E-state index in [2.05, 4.69) is 25.3 Å². The number of hydrogen-bond donors (Lipinski definition) is 1. The predicted octanol–water partition coefficient (Wildman–Crippen LogP) is 4.42. The maximum atomic E-state index is 12.6. The number of alkyl halides is 3. The molecule has 158 valence electrons. The fraction of sp³-hybridized carbons (Fsp3) is 0.500. The second kappa shape index (κ2) is 8.61. The molecule has 3 rings (SSSR count). The first-order valence-electron chi connectivity index (χ1n) is 8.84. The monoisotopic (exact) mass is 448 g/mol. The number of halogens is 3. The number of nitrogens with zero attached hydrogens (tertiary/aromatic N) is 5. The number of rotatable bonds is 7. The van der Waals surface area contributed by atoms with Crippen molar-refractivity contribution in [2.24, 2.45) is 10.2 Å². The Kier molecular flexibility index (Phi) is 6.36. The van der Waals surface area contributed by atoms with Gasteiger partial charge in [-0.15, -0.1) is 20.4 Å². The molecular formula is C16H19F3N6O2S2. The van der Waals surface area contributed by atoms with Gasteiger partial charge in [0.25, 0.3) is 5.13 Å². The molecule has 1 aromatic heterocycles. The molecule has 0 aliphatic carbocycles. The molecule has 13 heteroatoms. The summed E-state index contributed by atoms with van der Waals surface area (Å²) in [4.78, 5) is 2.09. The molecule has 0 atom stereocenters. The second-order valence-electron chi connectivity index (χ2n) is 6.49. The van der Waals surface area contributed by atoms with Gasteiger partial charge in [0.15, 0.2) is 5.75 Å². The first kappa shape index (κ1) is 21.4. The van der Waals surface area contributed by atoms with E-state index >= 15 is 0 Å². The number of nitrogens with one attached hydrogen (secondary N) is 1. The van der Waals surface area contributed by atoms with E-state index in [1.165, 1.54) is 11.6 Å². The lowest BCUT2D eigenvalue weighted by molar-refractivity contribution is -0.106. The SMILES string of the molecule is CCCN1CCCc2cc(N=Nc3nncs3)c(NS(=O)(=O)CC(F)(F)F)cc21. The van der Waals surface area contributed by atoms with Crippen LogP contribution in [0.3, 0.4) is 0 Å². The summed E-state index contributed by atoms with van der Waals surface area (Å²) in [6, 6.07) is 3.19. The van der Waals surface area contributed by atoms with E-state index in [1.807, 2.05) is 11.6 Å². The van der Waals surface area contributed by atoms with Gasteiger partial charge in [-0.2, -0.15) is 13.2 Å². The molecule has 29 heavy (non-hydrogen) atoms. The number of aromatic nitrogens is 2. The quantitative estimate of drug-likeness (QED) is 0.632. The molecule has 1 N–H and O–H groups in total. The lowest BCUT2D eigenvalue weighted by Crippen LogP contribution is -2.31. The summed E-state index contributed by atoms with van der Waals surface area (Å²) in [5, 5.41) is 15.5. The van der Waals surface area contributed by atoms with Crippen LogP contribution in [0.15, 0.2) is 27.9 Å². The van der Waals surface area contributed by atoms with Crippen molar-refractivity contribution >= 4 is 43.6 Å². The Morgan fingerprint density at radius 1 is 1.31 bits per heavy atom. The molecule has 0 saturated heterocycles. The summed E-state index contributed by atoms with van der Waals surface area (Å²) < 4.78 is 64.0. The van der Waals surface area contributed by atoms with E-state index in [-0.39, 0.29) is 16.5 Å². The van der Waals surface area contributed by atoms with Crippen LogP contribution in [-0.2, 0) is 16.4 Å². The first-order valence-corrected chi connectivity index (χ1v) is 11.4. The number of fused-ring (bicyclic) bond motifs is 1. The third-order valence-electron chi connectivity index (χ3n) is 4.12. The molecule has 2 heterocycles. The molecule has 0 bridgehead atoms. The van der Waals surface area contributed by atoms with Gasteiger partial charge in [0.1, 0.15) is 11.2 Å². The van der Waals surface area contributed by atoms with Crippen molar-refractivity contribution in [3.05, 3.63) is 23.2 Å². The van der Waals surface area contributed by atoms with Gasteiger partial charge in [0.05, 0.1) is 5.69 Å². The number of anilines is 2. The van der Waals surface area contributed by atoms with Crippen LogP contribution in [0, 0.1) is 0 Å². The average molecular weight is 448 g/mol. The lowest BCUT2D eigenvalue weighted by atomic mass is 10.00. The molecule has 0 spiro atoms. The third-order valence-corrected chi connectivity index (χ3v) is 5.93. The smallest absolute Gasteiger partial charge is 0.371 e. The average Bonchev–Trinajstić information content (AvgIpc) is 3.12. The molecule has 0 saturated carbocycles. The van der Waals surface area contributed by atoms with Crippen molar-refractivity contribution in [2.45, 2.75) is 32.4 Å². The van der Waals surface area contributed by atoms with Gasteiger partial charge < -0.3 is 4.90 Å². The summed E-state index contributed by atoms with van der Waals surface area (Å²) in [5.41, 5.74) is 3.26. The van der Waals surface area contributed by atoms with Gasteiger partial charge in [-0.1, -0.05) is 18.3 Å². The van der Waals surface area contributed by atoms with Crippen LogP contribution in [0.25, 0.3) is 0 Å². The highest BCUT2D eigenvalue weighted by Gasteiger charge is 2.35. The van der Waals surface area contributed by atoms with Crippen LogP contribution in [0.1, 0.15) is 25.3 Å². The lowest BCUT2D eigenvalue weighted by Gasteiger charge is -2.32. The number of azo groups is 1. The number of aryl methyl sites for hydroxylation is 1. The molecule has 1 aliphatic rings. The van der Waals surface area contributed by atoms with Crippen molar-refractivity contribution < 1.29 is 21.6 Å². The van der Waals surface area contributed by atoms with Crippen molar-refractivity contribution in [2.75, 3.05) is 28.5 Å². The van der Waals surface area contributed by atoms with Gasteiger partial charge in [0.2, 0.25) is 10.0 Å². The van der Waals surface area contributed by atoms with Crippen molar-refractivity contribution in [1.82, 2.24) is 10.2 Å². The maximum Gasteiger partial charge on any atom is 0.404 e. The zero-order valence-electron chi connectivity index (χ0n) is 15.5. The first-order chi connectivity index (χ1) is 13.7. The Hall–Kier alpha value is -2.28. The molecular weight excluding hydrogens is 429 g/mol. The standard InChI is InChI=1S/C16H19F3N6O2S2/c1-2-5-25-6-3-4-11-7-12(21-23-15-22-20-10-28-15)13(8-14(11)25)24-29(26,27)9-16(17,18)19/h7-8,10,24H,2-6,9H2,1H3. The molecule has 0 radical (unpaired) electrons. The van der Waals surface area contributed by atoms with Gasteiger partial charge in [0, 0.05) is 18.8 Å². The van der Waals surface area contributed by atoms with Crippen molar-refractivity contribution in [3.8, 4) is 0 Å². The van der Waals surface area contributed by atoms with Crippen LogP contribution in [0.2, 0.25) is 0 Å². The van der Waals surface area contributed by atoms with Crippen LogP contribution >= 0.6 is 11.3 Å². The zero-order valence-corrected chi connectivity index (χ0v) is 17.1. The Labute approximate surface area is 169 Å². The summed E-state index contributed by atoms with van der Waals surface area (Å²) in [7, 11) is -4.66. The summed E-state index contributed by atoms with van der Waals surface area (Å²) in [6.45, 7) is 3.57. The molecule has 1 aliphatic heterocycles. The summed E-state index contributed by atoms with van der Waals surface area (Å²) in [5.74, 6) is -1.98. The van der Waals surface area contributed by atoms with E-state index in [0.29, 0.717) is 0 Å². The van der Waals surface area contributed by atoms with E-state index in [0.717, 1.165) is 54.9 Å². The zero-order chi connectivity index (χ0) is 21.1. The van der Waals surface area contributed by atoms with Gasteiger partial charge in [-0.05, 0) is 37.0 Å². The third kappa shape index (κ3) is 5.85. The predicted molar refractivity (Wildman–Crippen MR) is 105 cm³/mol. The highest BCUT2D eigenvalue weighted by Crippen LogP contribution is 2.38. The minimum atomic E-state index is -4.86. The molecule has 8 nitrogen and oxygen atoms in total. The molecule has 0 fully saturated rings. The minimum Gasteiger partial charge on any atom is -0.371 e. The largest absolute Gasteiger partial charge is 0.404 e. The van der Waals surface area contributed by atoms with E-state index in [9.17, 15) is 21.6 Å². The molecule has 0 unspecified atom stereocenters. The number of hydrogen-bond acceptors (Lipinski definition) is 8. The fourth-order valence-corrected chi connectivity index (χ4v) is 4.46. The van der Waals surface area contributed by atoms with Crippen LogP contribution in [0.4, 0.5) is 35.4 Å². The van der Waals surface area contributed by atoms with Crippen molar-refractivity contribution in [1.29, 1.82) is 0 Å². The Bertz CT molecular complexity index is 977. The highest BCUT2D eigenvalue weighted by molar-refractivity contribution is 7.92. The summed E-state index contributed by atoms with van der Waals surface area (Å²) in [6.07, 6.45) is -2.30. The Morgan fingerprint density at radius 2 is 2.10 bits per heavy atom. The maximum absolute atomic E-state index is 12.6. The van der Waals surface area contributed by atoms with Crippen LogP contribution in [-0.4, -0.2) is 43.6 Å². The number of benzene rings is 1. The number of sulfonamides is 1. The molecule has 2 aromatic rings. The Balaban J connectivity index is 2.01. The highest BCUT2D eigenvalue weighted by atomic mass is 32.2. The molecule has 0 amide bonds. The second-order valence-corrected chi connectivity index (χ2v) is 9.02. The topological polar surface area (TPSA) is 99.9 Å². The molecule has 1 aromatic carbocycles. The van der Waals surface area contributed by atoms with Gasteiger partial charge in [-0.3, -0.25) is 4.72 Å². The van der Waals surface area contributed by atoms with Gasteiger partial charge >= 0.3 is 6.18 Å². The summed E-state index contributed by atoms with van der Waals surface area (Å²) >= 11 is 1.13. The van der Waals surface area contributed by atoms with E-state index in [1.54, 1.807) is 6.07 Å². The van der Waals surface area contributed by atoms with Crippen LogP contribution in [0.5, 0.6) is 0 Å². The minimum absolute atomic E-state index is 0.0516. The fourth-order valence-electron chi connectivity index (χ4n) is 3.09. The van der Waals surface area contributed by atoms with E-state index in [4.69, 9.17) is 0 Å². The normalized spacial score (nSPS) is 15.0. The van der Waals surface area contributed by atoms with E-state index < -0.39 is 22.0 Å². The van der Waals surface area contributed by atoms with Crippen molar-refractivity contribution in [3.63, 3.8) is 0 Å².